The molecule has 0 fully saturated rings. The maximum absolute atomic E-state index is 10.3. The van der Waals surface area contributed by atoms with Crippen molar-refractivity contribution in [1.82, 2.24) is 0 Å². The fraction of sp³-hybridized carbons (Fsp3) is 1.00. The molecular formula is C4H11NO2S. The van der Waals surface area contributed by atoms with Crippen LogP contribution in [0.25, 0.3) is 0 Å². The SMILES string of the molecule is CS(=O)CCCON. The van der Waals surface area contributed by atoms with Crippen molar-refractivity contribution in [2.24, 2.45) is 5.90 Å². The predicted octanol–water partition coefficient (Wildman–Crippen LogP) is -0.355. The molecule has 0 aromatic rings. The summed E-state index contributed by atoms with van der Waals surface area (Å²) in [7, 11) is -0.703. The van der Waals surface area contributed by atoms with Crippen LogP contribution in [0.1, 0.15) is 6.42 Å². The first-order valence-corrected chi connectivity index (χ1v) is 4.12. The monoisotopic (exact) mass is 137 g/mol. The van der Waals surface area contributed by atoms with Gasteiger partial charge in [0.15, 0.2) is 0 Å². The van der Waals surface area contributed by atoms with Gasteiger partial charge in [-0.05, 0) is 6.42 Å². The quantitative estimate of drug-likeness (QED) is 0.425. The Balaban J connectivity index is 2.82. The number of hydrogen-bond donors (Lipinski definition) is 1. The zero-order chi connectivity index (χ0) is 6.41. The summed E-state index contributed by atoms with van der Waals surface area (Å²) in [5.74, 6) is 5.39. The van der Waals surface area contributed by atoms with Crippen molar-refractivity contribution in [3.05, 3.63) is 0 Å². The van der Waals surface area contributed by atoms with Crippen LogP contribution in [0.5, 0.6) is 0 Å². The van der Waals surface area contributed by atoms with Gasteiger partial charge in [0.25, 0.3) is 0 Å². The van der Waals surface area contributed by atoms with Crippen LogP contribution in [0.15, 0.2) is 0 Å². The van der Waals surface area contributed by atoms with Gasteiger partial charge in [0.1, 0.15) is 0 Å². The molecule has 8 heavy (non-hydrogen) atoms. The second-order valence-electron chi connectivity index (χ2n) is 1.50. The van der Waals surface area contributed by atoms with Crippen LogP contribution in [0.3, 0.4) is 0 Å². The fourth-order valence-electron chi connectivity index (χ4n) is 0.346. The number of rotatable bonds is 4. The molecule has 0 aromatic heterocycles. The van der Waals surface area contributed by atoms with E-state index in [1.165, 1.54) is 0 Å². The van der Waals surface area contributed by atoms with E-state index in [4.69, 9.17) is 5.90 Å². The first-order chi connectivity index (χ1) is 3.77. The second kappa shape index (κ2) is 5.21. The van der Waals surface area contributed by atoms with E-state index in [-0.39, 0.29) is 0 Å². The normalized spacial score (nSPS) is 13.8. The van der Waals surface area contributed by atoms with Crippen molar-refractivity contribution < 1.29 is 9.05 Å². The summed E-state index contributed by atoms with van der Waals surface area (Å²) in [4.78, 5) is 4.26. The summed E-state index contributed by atoms with van der Waals surface area (Å²) in [5.41, 5.74) is 0. The minimum atomic E-state index is -0.703. The molecule has 50 valence electrons. The van der Waals surface area contributed by atoms with E-state index in [1.54, 1.807) is 6.26 Å². The molecule has 4 heteroatoms. The molecule has 2 N–H and O–H groups in total. The highest BCUT2D eigenvalue weighted by atomic mass is 32.2. The average Bonchev–Trinajstić information content (AvgIpc) is 1.66. The van der Waals surface area contributed by atoms with E-state index in [0.29, 0.717) is 12.4 Å². The standard InChI is InChI=1S/C4H11NO2S/c1-8(6)4-2-3-7-5/h2-5H2,1H3. The van der Waals surface area contributed by atoms with E-state index in [0.717, 1.165) is 6.42 Å². The van der Waals surface area contributed by atoms with Crippen molar-refractivity contribution in [2.75, 3.05) is 18.6 Å². The third-order valence-electron chi connectivity index (χ3n) is 0.694. The summed E-state index contributed by atoms with van der Waals surface area (Å²) in [5, 5.41) is 0. The van der Waals surface area contributed by atoms with Crippen LogP contribution in [0.4, 0.5) is 0 Å². The van der Waals surface area contributed by atoms with E-state index in [2.05, 4.69) is 4.84 Å². The fourth-order valence-corrected chi connectivity index (χ4v) is 0.870. The number of hydrogen-bond acceptors (Lipinski definition) is 3. The van der Waals surface area contributed by atoms with Gasteiger partial charge in [0.2, 0.25) is 0 Å². The third-order valence-corrected chi connectivity index (χ3v) is 1.56. The van der Waals surface area contributed by atoms with Gasteiger partial charge in [-0.2, -0.15) is 0 Å². The predicted molar refractivity (Wildman–Crippen MR) is 33.7 cm³/mol. The van der Waals surface area contributed by atoms with E-state index < -0.39 is 10.8 Å². The highest BCUT2D eigenvalue weighted by molar-refractivity contribution is 7.84. The van der Waals surface area contributed by atoms with Crippen molar-refractivity contribution in [2.45, 2.75) is 6.42 Å². The second-order valence-corrected chi connectivity index (χ2v) is 3.06. The Morgan fingerprint density at radius 1 is 1.75 bits per heavy atom. The van der Waals surface area contributed by atoms with Crippen LogP contribution < -0.4 is 5.90 Å². The Morgan fingerprint density at radius 2 is 2.38 bits per heavy atom. The summed E-state index contributed by atoms with van der Waals surface area (Å²) in [6.07, 6.45) is 2.44. The largest absolute Gasteiger partial charge is 0.305 e. The molecule has 0 saturated carbocycles. The lowest BCUT2D eigenvalue weighted by Crippen LogP contribution is -2.04. The lowest BCUT2D eigenvalue weighted by atomic mass is 10.5. The summed E-state index contributed by atoms with van der Waals surface area (Å²) in [6.45, 7) is 0.500. The van der Waals surface area contributed by atoms with Gasteiger partial charge in [-0.15, -0.1) is 0 Å². The van der Waals surface area contributed by atoms with E-state index in [1.807, 2.05) is 0 Å². The molecule has 3 nitrogen and oxygen atoms in total. The smallest absolute Gasteiger partial charge is 0.0688 e. The molecule has 0 bridgehead atoms. The lowest BCUT2D eigenvalue weighted by molar-refractivity contribution is 0.139. The van der Waals surface area contributed by atoms with Crippen molar-refractivity contribution in [3.8, 4) is 0 Å². The van der Waals surface area contributed by atoms with Gasteiger partial charge >= 0.3 is 0 Å². The Kier molecular flexibility index (Phi) is 5.26. The molecule has 0 heterocycles. The molecule has 0 aliphatic carbocycles. The first kappa shape index (κ1) is 8.07. The zero-order valence-electron chi connectivity index (χ0n) is 4.92. The molecule has 0 spiro atoms. The van der Waals surface area contributed by atoms with Gasteiger partial charge in [-0.1, -0.05) is 0 Å². The Bertz CT molecular complexity index is 76.4. The minimum absolute atomic E-state index is 0.500. The van der Waals surface area contributed by atoms with Gasteiger partial charge in [-0.3, -0.25) is 4.21 Å². The Morgan fingerprint density at radius 3 is 2.75 bits per heavy atom. The average molecular weight is 137 g/mol. The van der Waals surface area contributed by atoms with Crippen molar-refractivity contribution >= 4 is 10.8 Å². The van der Waals surface area contributed by atoms with Gasteiger partial charge in [0, 0.05) is 22.8 Å². The molecule has 0 aliphatic heterocycles. The Hall–Kier alpha value is 0.0700. The van der Waals surface area contributed by atoms with Gasteiger partial charge in [0.05, 0.1) is 6.61 Å². The minimum Gasteiger partial charge on any atom is -0.305 e. The molecule has 0 rings (SSSR count). The van der Waals surface area contributed by atoms with Crippen LogP contribution in [0.2, 0.25) is 0 Å². The zero-order valence-corrected chi connectivity index (χ0v) is 5.74. The van der Waals surface area contributed by atoms with Crippen LogP contribution in [0, 0.1) is 0 Å². The molecule has 0 radical (unpaired) electrons. The molecular weight excluding hydrogens is 126 g/mol. The van der Waals surface area contributed by atoms with Gasteiger partial charge in [-0.25, -0.2) is 5.90 Å². The summed E-state index contributed by atoms with van der Waals surface area (Å²) in [6, 6.07) is 0. The van der Waals surface area contributed by atoms with Crippen LogP contribution in [-0.2, 0) is 15.6 Å². The van der Waals surface area contributed by atoms with E-state index >= 15 is 0 Å². The van der Waals surface area contributed by atoms with Crippen molar-refractivity contribution in [1.29, 1.82) is 0 Å². The molecule has 0 amide bonds. The molecule has 1 unspecified atom stereocenters. The first-order valence-electron chi connectivity index (χ1n) is 2.39. The topological polar surface area (TPSA) is 52.3 Å². The molecule has 0 aliphatic rings. The Labute approximate surface area is 51.6 Å². The highest BCUT2D eigenvalue weighted by Gasteiger charge is 1.88. The summed E-state index contributed by atoms with van der Waals surface area (Å²) >= 11 is 0. The summed E-state index contributed by atoms with van der Waals surface area (Å²) < 4.78 is 10.3. The number of nitrogens with two attached hydrogens (primary N) is 1. The third kappa shape index (κ3) is 6.07. The lowest BCUT2D eigenvalue weighted by Gasteiger charge is -1.93. The van der Waals surface area contributed by atoms with Crippen LogP contribution in [-0.4, -0.2) is 22.8 Å². The van der Waals surface area contributed by atoms with Crippen LogP contribution >= 0.6 is 0 Å². The molecule has 1 atom stereocenters. The van der Waals surface area contributed by atoms with Gasteiger partial charge < -0.3 is 4.84 Å². The molecule has 0 aromatic carbocycles. The molecule has 0 saturated heterocycles. The van der Waals surface area contributed by atoms with Crippen molar-refractivity contribution in [3.63, 3.8) is 0 Å². The maximum atomic E-state index is 10.3. The van der Waals surface area contributed by atoms with E-state index in [9.17, 15) is 4.21 Å². The maximum Gasteiger partial charge on any atom is 0.0688 e. The highest BCUT2D eigenvalue weighted by Crippen LogP contribution is 1.81.